The zero-order chi connectivity index (χ0) is 14.9. The van der Waals surface area contributed by atoms with Crippen molar-refractivity contribution < 1.29 is 23.2 Å². The van der Waals surface area contributed by atoms with Crippen LogP contribution in [-0.2, 0) is 14.7 Å². The van der Waals surface area contributed by atoms with Crippen LogP contribution in [-0.4, -0.2) is 37.6 Å². The molecule has 2 rings (SSSR count). The number of nitrogens with zero attached hydrogens (tertiary/aromatic N) is 1. The molecule has 0 bridgehead atoms. The molecule has 1 aliphatic heterocycles. The van der Waals surface area contributed by atoms with Gasteiger partial charge in [-0.15, -0.1) is 0 Å². The minimum Gasteiger partial charge on any atom is -0.478 e. The van der Waals surface area contributed by atoms with E-state index in [1.165, 1.54) is 12.1 Å². The SMILES string of the molecule is CCO/N=C1/CCS(=O)(=O)c2ccc(C(=O)O)c(C)c21. The summed E-state index contributed by atoms with van der Waals surface area (Å²) in [5.74, 6) is -1.14. The minimum absolute atomic E-state index is 0.0439. The van der Waals surface area contributed by atoms with E-state index in [1.54, 1.807) is 13.8 Å². The lowest BCUT2D eigenvalue weighted by Gasteiger charge is -2.20. The van der Waals surface area contributed by atoms with E-state index in [-0.39, 0.29) is 22.6 Å². The maximum Gasteiger partial charge on any atom is 0.335 e. The molecule has 108 valence electrons. The summed E-state index contributed by atoms with van der Waals surface area (Å²) in [4.78, 5) is 16.3. The van der Waals surface area contributed by atoms with Crippen LogP contribution in [0.5, 0.6) is 0 Å². The summed E-state index contributed by atoms with van der Waals surface area (Å²) in [6.07, 6.45) is 0.221. The van der Waals surface area contributed by atoms with Crippen LogP contribution in [0.25, 0.3) is 0 Å². The Morgan fingerprint density at radius 1 is 1.45 bits per heavy atom. The van der Waals surface area contributed by atoms with E-state index >= 15 is 0 Å². The maximum absolute atomic E-state index is 12.1. The van der Waals surface area contributed by atoms with E-state index in [9.17, 15) is 13.2 Å². The van der Waals surface area contributed by atoms with Crippen molar-refractivity contribution in [2.45, 2.75) is 25.2 Å². The van der Waals surface area contributed by atoms with Crippen LogP contribution in [0.2, 0.25) is 0 Å². The zero-order valence-electron chi connectivity index (χ0n) is 11.2. The third kappa shape index (κ3) is 2.40. The van der Waals surface area contributed by atoms with Gasteiger partial charge in [0.05, 0.1) is 21.9 Å². The fraction of sp³-hybridized carbons (Fsp3) is 0.385. The summed E-state index contributed by atoms with van der Waals surface area (Å²) in [6.45, 7) is 3.72. The quantitative estimate of drug-likeness (QED) is 0.856. The number of oxime groups is 1. The van der Waals surface area contributed by atoms with E-state index in [0.717, 1.165) is 0 Å². The monoisotopic (exact) mass is 297 g/mol. The molecule has 0 unspecified atom stereocenters. The molecule has 1 aliphatic rings. The van der Waals surface area contributed by atoms with Gasteiger partial charge in [0.2, 0.25) is 0 Å². The molecule has 0 atom stereocenters. The van der Waals surface area contributed by atoms with Crippen LogP contribution < -0.4 is 0 Å². The van der Waals surface area contributed by atoms with Crippen LogP contribution in [0.4, 0.5) is 0 Å². The number of benzene rings is 1. The second-order valence-corrected chi connectivity index (χ2v) is 6.52. The number of sulfone groups is 1. The molecule has 0 saturated carbocycles. The number of carbonyl (C=O) groups is 1. The Morgan fingerprint density at radius 2 is 2.15 bits per heavy atom. The fourth-order valence-corrected chi connectivity index (χ4v) is 3.78. The van der Waals surface area contributed by atoms with Gasteiger partial charge in [0.1, 0.15) is 6.61 Å². The lowest BCUT2D eigenvalue weighted by atomic mass is 9.97. The Kier molecular flexibility index (Phi) is 3.80. The van der Waals surface area contributed by atoms with E-state index in [1.807, 2.05) is 0 Å². The predicted octanol–water partition coefficient (Wildman–Crippen LogP) is 1.61. The molecule has 0 aromatic heterocycles. The van der Waals surface area contributed by atoms with Crippen LogP contribution in [0.1, 0.15) is 34.8 Å². The molecule has 0 radical (unpaired) electrons. The molecule has 0 saturated heterocycles. The van der Waals surface area contributed by atoms with Crippen molar-refractivity contribution in [1.82, 2.24) is 0 Å². The van der Waals surface area contributed by atoms with Crippen molar-refractivity contribution >= 4 is 21.5 Å². The molecule has 6 nitrogen and oxygen atoms in total. The van der Waals surface area contributed by atoms with Crippen molar-refractivity contribution in [1.29, 1.82) is 0 Å². The standard InChI is InChI=1S/C13H15NO5S/c1-3-19-14-10-6-7-20(17,18)11-5-4-9(13(15)16)8(2)12(10)11/h4-5H,3,6-7H2,1-2H3,(H,15,16)/b14-10-. The molecule has 0 amide bonds. The molecule has 7 heteroatoms. The van der Waals surface area contributed by atoms with E-state index in [2.05, 4.69) is 5.16 Å². The fourth-order valence-electron chi connectivity index (χ4n) is 2.24. The lowest BCUT2D eigenvalue weighted by Crippen LogP contribution is -2.24. The number of rotatable bonds is 3. The van der Waals surface area contributed by atoms with Gasteiger partial charge in [0.15, 0.2) is 9.84 Å². The van der Waals surface area contributed by atoms with Gasteiger partial charge in [0.25, 0.3) is 0 Å². The smallest absolute Gasteiger partial charge is 0.335 e. The summed E-state index contributed by atoms with van der Waals surface area (Å²) >= 11 is 0. The molecule has 20 heavy (non-hydrogen) atoms. The molecule has 0 spiro atoms. The molecule has 1 heterocycles. The molecular weight excluding hydrogens is 282 g/mol. The highest BCUT2D eigenvalue weighted by molar-refractivity contribution is 7.91. The highest BCUT2D eigenvalue weighted by Gasteiger charge is 2.31. The Bertz CT molecular complexity index is 691. The molecule has 1 aromatic rings. The molecule has 1 N–H and O–H groups in total. The first-order chi connectivity index (χ1) is 9.38. The second kappa shape index (κ2) is 5.24. The summed E-state index contributed by atoms with van der Waals surface area (Å²) in [7, 11) is -3.39. The van der Waals surface area contributed by atoms with Crippen LogP contribution in [0.3, 0.4) is 0 Å². The van der Waals surface area contributed by atoms with Gasteiger partial charge < -0.3 is 9.94 Å². The minimum atomic E-state index is -3.39. The third-order valence-electron chi connectivity index (χ3n) is 3.19. The molecule has 0 fully saturated rings. The van der Waals surface area contributed by atoms with Crippen LogP contribution in [0.15, 0.2) is 22.2 Å². The molecular formula is C13H15NO5S. The van der Waals surface area contributed by atoms with Crippen molar-refractivity contribution in [3.05, 3.63) is 28.8 Å². The van der Waals surface area contributed by atoms with Gasteiger partial charge in [-0.1, -0.05) is 5.16 Å². The highest BCUT2D eigenvalue weighted by Crippen LogP contribution is 2.30. The van der Waals surface area contributed by atoms with Gasteiger partial charge >= 0.3 is 5.97 Å². The summed E-state index contributed by atoms with van der Waals surface area (Å²) in [6, 6.07) is 2.65. The summed E-state index contributed by atoms with van der Waals surface area (Å²) in [5.41, 5.74) is 1.32. The van der Waals surface area contributed by atoms with Gasteiger partial charge in [-0.05, 0) is 31.5 Å². The van der Waals surface area contributed by atoms with Gasteiger partial charge in [-0.2, -0.15) is 0 Å². The summed E-state index contributed by atoms with van der Waals surface area (Å²) < 4.78 is 24.2. The second-order valence-electron chi connectivity index (χ2n) is 4.44. The average molecular weight is 297 g/mol. The van der Waals surface area contributed by atoms with E-state index < -0.39 is 15.8 Å². The van der Waals surface area contributed by atoms with Gasteiger partial charge in [-0.25, -0.2) is 13.2 Å². The first-order valence-electron chi connectivity index (χ1n) is 6.17. The number of fused-ring (bicyclic) bond motifs is 1. The first kappa shape index (κ1) is 14.5. The maximum atomic E-state index is 12.1. The zero-order valence-corrected chi connectivity index (χ0v) is 12.0. The van der Waals surface area contributed by atoms with Crippen LogP contribution >= 0.6 is 0 Å². The number of hydrogen-bond donors (Lipinski definition) is 1. The third-order valence-corrected chi connectivity index (χ3v) is 4.94. The Hall–Kier alpha value is -1.89. The average Bonchev–Trinajstić information content (AvgIpc) is 2.38. The number of hydrogen-bond acceptors (Lipinski definition) is 5. The van der Waals surface area contributed by atoms with Crippen molar-refractivity contribution in [3.63, 3.8) is 0 Å². The molecule has 0 aliphatic carbocycles. The topological polar surface area (TPSA) is 93.0 Å². The number of carboxylic acids is 1. The Morgan fingerprint density at radius 3 is 2.75 bits per heavy atom. The highest BCUT2D eigenvalue weighted by atomic mass is 32.2. The van der Waals surface area contributed by atoms with E-state index in [0.29, 0.717) is 23.4 Å². The van der Waals surface area contributed by atoms with Crippen molar-refractivity contribution in [2.75, 3.05) is 12.4 Å². The lowest BCUT2D eigenvalue weighted by molar-refractivity contribution is 0.0696. The predicted molar refractivity (Wildman–Crippen MR) is 73.0 cm³/mol. The van der Waals surface area contributed by atoms with Crippen LogP contribution in [0, 0.1) is 6.92 Å². The normalized spacial score (nSPS) is 18.6. The number of carboxylic acid groups (broad SMARTS) is 1. The summed E-state index contributed by atoms with van der Waals surface area (Å²) in [5, 5.41) is 13.1. The molecule has 1 aromatic carbocycles. The largest absolute Gasteiger partial charge is 0.478 e. The van der Waals surface area contributed by atoms with Crippen molar-refractivity contribution in [2.24, 2.45) is 5.16 Å². The van der Waals surface area contributed by atoms with Crippen molar-refractivity contribution in [3.8, 4) is 0 Å². The first-order valence-corrected chi connectivity index (χ1v) is 7.82. The van der Waals surface area contributed by atoms with E-state index in [4.69, 9.17) is 9.94 Å². The Balaban J connectivity index is 2.73. The Labute approximate surface area is 117 Å². The van der Waals surface area contributed by atoms with Gasteiger partial charge in [-0.3, -0.25) is 0 Å². The van der Waals surface area contributed by atoms with Gasteiger partial charge in [0, 0.05) is 12.0 Å². The number of aromatic carboxylic acids is 1.